The van der Waals surface area contributed by atoms with Crippen molar-refractivity contribution in [1.82, 2.24) is 4.57 Å². The molecule has 1 aliphatic carbocycles. The van der Waals surface area contributed by atoms with Crippen LogP contribution in [0.15, 0.2) is 98.6 Å². The van der Waals surface area contributed by atoms with Crippen molar-refractivity contribution in [3.05, 3.63) is 147 Å². The van der Waals surface area contributed by atoms with Gasteiger partial charge in [0.25, 0.3) is 11.2 Å². The van der Waals surface area contributed by atoms with Crippen molar-refractivity contribution in [2.75, 3.05) is 0 Å². The van der Waals surface area contributed by atoms with Crippen molar-refractivity contribution < 1.29 is 9.34 Å². The van der Waals surface area contributed by atoms with Gasteiger partial charge < -0.3 is 4.42 Å². The van der Waals surface area contributed by atoms with E-state index in [0.717, 1.165) is 35.2 Å². The Morgan fingerprint density at radius 3 is 2.63 bits per heavy atom. The molecule has 0 radical (unpaired) electrons. The maximum atomic E-state index is 14.0. The Morgan fingerprint density at radius 2 is 1.80 bits per heavy atom. The summed E-state index contributed by atoms with van der Waals surface area (Å²) in [6, 6.07) is 23.4. The van der Waals surface area contributed by atoms with Gasteiger partial charge in [0.05, 0.1) is 21.2 Å². The Bertz CT molecular complexity index is 2110. The zero-order valence-electron chi connectivity index (χ0n) is 21.2. The van der Waals surface area contributed by atoms with E-state index in [1.54, 1.807) is 28.8 Å². The highest BCUT2D eigenvalue weighted by molar-refractivity contribution is 7.07. The molecule has 202 valence electrons. The molecule has 0 spiro atoms. The molecular formula is C31H19Cl2N3O4S. The standard InChI is InChI=1S/C31H19Cl2N3O4S/c32-23-8-4-3-7-21(23)29-22-12-9-17-5-1-2-6-20(17)28(22)34-31-35(29)30(37)27(41-31)16-19-11-14-26(40-19)18-10-13-24(33)25(15-18)36(38)39/h1-8,10-11,13-16,29H,9,12H2/b27-16+. The number of aryl methyl sites for hydroxylation is 1. The molecule has 0 saturated heterocycles. The first-order chi connectivity index (χ1) is 19.9. The van der Waals surface area contributed by atoms with Gasteiger partial charge in [-0.05, 0) is 59.9 Å². The minimum atomic E-state index is -0.538. The van der Waals surface area contributed by atoms with Gasteiger partial charge in [-0.15, -0.1) is 0 Å². The average Bonchev–Trinajstić information content (AvgIpc) is 3.56. The van der Waals surface area contributed by atoms with Crippen LogP contribution in [0.3, 0.4) is 0 Å². The first kappa shape index (κ1) is 25.7. The second-order valence-corrected chi connectivity index (χ2v) is 11.6. The summed E-state index contributed by atoms with van der Waals surface area (Å²) in [4.78, 5) is 30.3. The molecule has 7 nitrogen and oxygen atoms in total. The molecule has 1 unspecified atom stereocenters. The van der Waals surface area contributed by atoms with E-state index in [4.69, 9.17) is 32.6 Å². The van der Waals surface area contributed by atoms with Gasteiger partial charge in [0.15, 0.2) is 4.80 Å². The smallest absolute Gasteiger partial charge is 0.288 e. The van der Waals surface area contributed by atoms with Crippen LogP contribution in [0.4, 0.5) is 5.69 Å². The molecule has 41 heavy (non-hydrogen) atoms. The predicted molar refractivity (Wildman–Crippen MR) is 160 cm³/mol. The van der Waals surface area contributed by atoms with Gasteiger partial charge in [-0.3, -0.25) is 19.5 Å². The van der Waals surface area contributed by atoms with Crippen LogP contribution >= 0.6 is 34.5 Å². The third-order valence-corrected chi connectivity index (χ3v) is 9.05. The Hall–Kier alpha value is -4.24. The fourth-order valence-corrected chi connectivity index (χ4v) is 6.92. The summed E-state index contributed by atoms with van der Waals surface area (Å²) in [5.41, 5.74) is 5.24. The summed E-state index contributed by atoms with van der Waals surface area (Å²) < 4.78 is 8.17. The van der Waals surface area contributed by atoms with Gasteiger partial charge in [0.1, 0.15) is 16.5 Å². The predicted octanol–water partition coefficient (Wildman–Crippen LogP) is 6.79. The minimum Gasteiger partial charge on any atom is -0.457 e. The number of rotatable bonds is 4. The van der Waals surface area contributed by atoms with Crippen molar-refractivity contribution in [3.8, 4) is 11.3 Å². The topological polar surface area (TPSA) is 90.6 Å². The molecule has 2 aromatic heterocycles. The number of hydrogen-bond acceptors (Lipinski definition) is 6. The van der Waals surface area contributed by atoms with E-state index in [0.29, 0.717) is 31.4 Å². The van der Waals surface area contributed by atoms with Crippen molar-refractivity contribution in [1.29, 1.82) is 0 Å². The lowest BCUT2D eigenvalue weighted by atomic mass is 9.83. The molecule has 1 aliphatic heterocycles. The Labute approximate surface area is 247 Å². The number of benzene rings is 3. The van der Waals surface area contributed by atoms with Gasteiger partial charge in [-0.25, -0.2) is 4.99 Å². The maximum Gasteiger partial charge on any atom is 0.288 e. The van der Waals surface area contributed by atoms with Crippen LogP contribution in [0.25, 0.3) is 23.1 Å². The Balaban J connectivity index is 1.38. The molecule has 3 heterocycles. The Kier molecular flexibility index (Phi) is 6.27. The number of aromatic nitrogens is 1. The molecule has 0 bridgehead atoms. The van der Waals surface area contributed by atoms with E-state index in [1.807, 2.05) is 36.4 Å². The van der Waals surface area contributed by atoms with Crippen molar-refractivity contribution >= 4 is 52.0 Å². The highest BCUT2D eigenvalue weighted by atomic mass is 35.5. The van der Waals surface area contributed by atoms with E-state index < -0.39 is 4.92 Å². The zero-order chi connectivity index (χ0) is 28.2. The lowest BCUT2D eigenvalue weighted by Gasteiger charge is -2.31. The van der Waals surface area contributed by atoms with Crippen molar-refractivity contribution in [2.45, 2.75) is 18.9 Å². The molecule has 1 atom stereocenters. The third-order valence-electron chi connectivity index (χ3n) is 7.40. The molecule has 2 aliphatic rings. The van der Waals surface area contributed by atoms with Crippen LogP contribution in [0.5, 0.6) is 0 Å². The van der Waals surface area contributed by atoms with Gasteiger partial charge in [-0.2, -0.15) is 0 Å². The quantitative estimate of drug-likeness (QED) is 0.168. The fourth-order valence-electron chi connectivity index (χ4n) is 5.52. The maximum absolute atomic E-state index is 14.0. The highest BCUT2D eigenvalue weighted by Crippen LogP contribution is 2.42. The molecule has 0 saturated carbocycles. The summed E-state index contributed by atoms with van der Waals surface area (Å²) in [6.07, 6.45) is 3.30. The summed E-state index contributed by atoms with van der Waals surface area (Å²) in [5.74, 6) is 0.857. The summed E-state index contributed by atoms with van der Waals surface area (Å²) in [5, 5.41) is 12.0. The number of nitro groups is 1. The summed E-state index contributed by atoms with van der Waals surface area (Å²) in [7, 11) is 0. The van der Waals surface area contributed by atoms with E-state index >= 15 is 0 Å². The summed E-state index contributed by atoms with van der Waals surface area (Å²) in [6.45, 7) is 0. The lowest BCUT2D eigenvalue weighted by molar-refractivity contribution is -0.384. The number of allylic oxidation sites excluding steroid dienone is 1. The summed E-state index contributed by atoms with van der Waals surface area (Å²) >= 11 is 14.0. The van der Waals surface area contributed by atoms with Crippen LogP contribution in [-0.4, -0.2) is 9.49 Å². The van der Waals surface area contributed by atoms with E-state index in [1.165, 1.54) is 29.0 Å². The number of nitro benzene ring substituents is 1. The molecule has 10 heteroatoms. The second-order valence-electron chi connectivity index (χ2n) is 9.76. The van der Waals surface area contributed by atoms with Crippen LogP contribution in [0, 0.1) is 10.1 Å². The second kappa shape index (κ2) is 9.99. The Morgan fingerprint density at radius 1 is 1.00 bits per heavy atom. The van der Waals surface area contributed by atoms with Gasteiger partial charge in [0, 0.05) is 28.3 Å². The number of fused-ring (bicyclic) bond motifs is 3. The number of furan rings is 1. The van der Waals surface area contributed by atoms with Gasteiger partial charge >= 0.3 is 0 Å². The number of nitrogens with zero attached hydrogens (tertiary/aromatic N) is 3. The molecule has 3 aromatic carbocycles. The number of hydrogen-bond donors (Lipinski definition) is 0. The van der Waals surface area contributed by atoms with E-state index in [2.05, 4.69) is 12.1 Å². The monoisotopic (exact) mass is 599 g/mol. The SMILES string of the molecule is O=c1/c(=C\c2ccc(-c3ccc(Cl)c([N+](=O)[O-])c3)o2)sc2n1C(c1ccccc1Cl)C1=C(N=2)c2ccccc2CC1. The van der Waals surface area contributed by atoms with E-state index in [9.17, 15) is 14.9 Å². The number of halogens is 2. The third kappa shape index (κ3) is 4.35. The molecular weight excluding hydrogens is 581 g/mol. The number of thiazole rings is 1. The first-order valence-corrected chi connectivity index (χ1v) is 14.4. The van der Waals surface area contributed by atoms with Crippen molar-refractivity contribution in [3.63, 3.8) is 0 Å². The first-order valence-electron chi connectivity index (χ1n) is 12.8. The van der Waals surface area contributed by atoms with Crippen LogP contribution in [0.2, 0.25) is 10.0 Å². The van der Waals surface area contributed by atoms with Crippen molar-refractivity contribution in [2.24, 2.45) is 4.99 Å². The minimum absolute atomic E-state index is 0.0463. The molecule has 7 rings (SSSR count). The van der Waals surface area contributed by atoms with Crippen LogP contribution in [-0.2, 0) is 6.42 Å². The fraction of sp³-hybridized carbons (Fsp3) is 0.0968. The van der Waals surface area contributed by atoms with E-state index in [-0.39, 0.29) is 22.3 Å². The molecule has 0 N–H and O–H groups in total. The zero-order valence-corrected chi connectivity index (χ0v) is 23.5. The largest absolute Gasteiger partial charge is 0.457 e. The lowest BCUT2D eigenvalue weighted by Crippen LogP contribution is -2.38. The molecule has 5 aromatic rings. The molecule has 0 fully saturated rings. The average molecular weight is 600 g/mol. The molecule has 0 amide bonds. The highest BCUT2D eigenvalue weighted by Gasteiger charge is 2.33. The van der Waals surface area contributed by atoms with Gasteiger partial charge in [0.2, 0.25) is 0 Å². The van der Waals surface area contributed by atoms with Crippen LogP contribution < -0.4 is 14.9 Å². The van der Waals surface area contributed by atoms with Crippen LogP contribution in [0.1, 0.15) is 34.9 Å². The van der Waals surface area contributed by atoms with Gasteiger partial charge in [-0.1, -0.05) is 77.0 Å². The normalized spacial score (nSPS) is 16.1.